The van der Waals surface area contributed by atoms with Crippen molar-refractivity contribution in [3.8, 4) is 0 Å². The summed E-state index contributed by atoms with van der Waals surface area (Å²) in [5, 5.41) is 21.2. The van der Waals surface area contributed by atoms with E-state index < -0.39 is 17.1 Å². The number of hydrogen-bond donors (Lipinski definition) is 2. The molecule has 100 valence electrons. The minimum absolute atomic E-state index is 0.109. The molecule has 2 atom stereocenters. The van der Waals surface area contributed by atoms with Gasteiger partial charge in [-0.25, -0.2) is 0 Å². The van der Waals surface area contributed by atoms with Crippen LogP contribution in [0.1, 0.15) is 37.8 Å². The van der Waals surface area contributed by atoms with Gasteiger partial charge in [-0.3, -0.25) is 10.1 Å². The van der Waals surface area contributed by atoms with Crippen LogP contribution in [-0.2, 0) is 0 Å². The first-order valence-electron chi connectivity index (χ1n) is 5.84. The second kappa shape index (κ2) is 6.68. The summed E-state index contributed by atoms with van der Waals surface area (Å²) >= 11 is 5.81. The molecule has 0 aliphatic heterocycles. The van der Waals surface area contributed by atoms with E-state index in [1.54, 1.807) is 0 Å². The summed E-state index contributed by atoms with van der Waals surface area (Å²) in [6.45, 7) is 2.00. The van der Waals surface area contributed by atoms with E-state index in [1.165, 1.54) is 18.2 Å². The standard InChI is InChI=1S/C12H17ClN2O3/c1-2-3-4-11(16)12(14)9-7-8(13)5-6-10(9)15(17)18/h5-7,11-12,16H,2-4,14H2,1H3/t11-,12+/m1/s1. The molecule has 0 heterocycles. The number of nitro groups is 1. The van der Waals surface area contributed by atoms with Crippen LogP contribution in [0.15, 0.2) is 18.2 Å². The maximum atomic E-state index is 10.9. The molecule has 0 aliphatic carbocycles. The second-order valence-corrected chi connectivity index (χ2v) is 4.63. The maximum absolute atomic E-state index is 10.9. The average Bonchev–Trinajstić information content (AvgIpc) is 2.34. The summed E-state index contributed by atoms with van der Waals surface area (Å²) in [4.78, 5) is 10.4. The van der Waals surface area contributed by atoms with Gasteiger partial charge < -0.3 is 10.8 Å². The number of benzene rings is 1. The first-order valence-corrected chi connectivity index (χ1v) is 6.22. The second-order valence-electron chi connectivity index (χ2n) is 4.20. The van der Waals surface area contributed by atoms with E-state index in [2.05, 4.69) is 0 Å². The zero-order valence-electron chi connectivity index (χ0n) is 10.2. The predicted octanol–water partition coefficient (Wildman–Crippen LogP) is 2.80. The van der Waals surface area contributed by atoms with Gasteiger partial charge in [-0.2, -0.15) is 0 Å². The van der Waals surface area contributed by atoms with E-state index in [9.17, 15) is 15.2 Å². The molecule has 0 unspecified atom stereocenters. The van der Waals surface area contributed by atoms with Crippen LogP contribution in [0.3, 0.4) is 0 Å². The molecule has 6 heteroatoms. The normalized spacial score (nSPS) is 14.2. The van der Waals surface area contributed by atoms with Gasteiger partial charge >= 0.3 is 0 Å². The number of halogens is 1. The van der Waals surface area contributed by atoms with Crippen molar-refractivity contribution < 1.29 is 10.0 Å². The van der Waals surface area contributed by atoms with Crippen molar-refractivity contribution in [2.45, 2.75) is 38.3 Å². The van der Waals surface area contributed by atoms with E-state index in [-0.39, 0.29) is 11.3 Å². The molecular formula is C12H17ClN2O3. The van der Waals surface area contributed by atoms with Gasteiger partial charge in [-0.1, -0.05) is 31.4 Å². The van der Waals surface area contributed by atoms with Crippen molar-refractivity contribution in [2.24, 2.45) is 5.73 Å². The van der Waals surface area contributed by atoms with Gasteiger partial charge in [0.25, 0.3) is 5.69 Å². The van der Waals surface area contributed by atoms with Crippen LogP contribution in [0.4, 0.5) is 5.69 Å². The first kappa shape index (κ1) is 14.9. The summed E-state index contributed by atoms with van der Waals surface area (Å²) in [7, 11) is 0. The van der Waals surface area contributed by atoms with Crippen molar-refractivity contribution in [3.05, 3.63) is 38.9 Å². The van der Waals surface area contributed by atoms with Gasteiger partial charge in [0.05, 0.1) is 22.6 Å². The summed E-state index contributed by atoms with van der Waals surface area (Å²) in [6.07, 6.45) is 1.47. The van der Waals surface area contributed by atoms with Gasteiger partial charge in [0.2, 0.25) is 0 Å². The molecule has 1 aromatic rings. The Morgan fingerprint density at radius 3 is 2.78 bits per heavy atom. The zero-order chi connectivity index (χ0) is 13.7. The lowest BCUT2D eigenvalue weighted by Crippen LogP contribution is -2.26. The van der Waals surface area contributed by atoms with E-state index in [0.29, 0.717) is 11.4 Å². The fourth-order valence-electron chi connectivity index (χ4n) is 1.76. The number of hydrogen-bond acceptors (Lipinski definition) is 4. The molecule has 1 rings (SSSR count). The van der Waals surface area contributed by atoms with Crippen molar-refractivity contribution in [3.63, 3.8) is 0 Å². The quantitative estimate of drug-likeness (QED) is 0.615. The molecule has 18 heavy (non-hydrogen) atoms. The van der Waals surface area contributed by atoms with E-state index in [4.69, 9.17) is 17.3 Å². The molecule has 0 aliphatic rings. The molecule has 0 amide bonds. The molecule has 1 aromatic carbocycles. The summed E-state index contributed by atoms with van der Waals surface area (Å²) in [6, 6.07) is 3.40. The Bertz CT molecular complexity index is 426. The topological polar surface area (TPSA) is 89.4 Å². The predicted molar refractivity (Wildman–Crippen MR) is 70.6 cm³/mol. The zero-order valence-corrected chi connectivity index (χ0v) is 10.9. The lowest BCUT2D eigenvalue weighted by molar-refractivity contribution is -0.385. The van der Waals surface area contributed by atoms with Gasteiger partial charge in [0, 0.05) is 11.1 Å². The molecule has 0 fully saturated rings. The molecular weight excluding hydrogens is 256 g/mol. The molecule has 0 saturated heterocycles. The Kier molecular flexibility index (Phi) is 5.53. The highest BCUT2D eigenvalue weighted by Crippen LogP contribution is 2.29. The first-order chi connectivity index (χ1) is 8.47. The molecule has 0 bridgehead atoms. The Morgan fingerprint density at radius 2 is 2.22 bits per heavy atom. The molecule has 0 saturated carbocycles. The van der Waals surface area contributed by atoms with E-state index in [1.807, 2.05) is 6.92 Å². The molecule has 0 spiro atoms. The van der Waals surface area contributed by atoms with Crippen molar-refractivity contribution in [1.29, 1.82) is 0 Å². The highest BCUT2D eigenvalue weighted by molar-refractivity contribution is 6.30. The average molecular weight is 273 g/mol. The molecule has 5 nitrogen and oxygen atoms in total. The fourth-order valence-corrected chi connectivity index (χ4v) is 1.94. The van der Waals surface area contributed by atoms with Crippen LogP contribution in [0.25, 0.3) is 0 Å². The molecule has 3 N–H and O–H groups in total. The van der Waals surface area contributed by atoms with Crippen LogP contribution in [0, 0.1) is 10.1 Å². The van der Waals surface area contributed by atoms with Gasteiger partial charge in [-0.15, -0.1) is 0 Å². The number of unbranched alkanes of at least 4 members (excludes halogenated alkanes) is 1. The van der Waals surface area contributed by atoms with Crippen LogP contribution in [-0.4, -0.2) is 16.1 Å². The highest BCUT2D eigenvalue weighted by atomic mass is 35.5. The largest absolute Gasteiger partial charge is 0.391 e. The van der Waals surface area contributed by atoms with Gasteiger partial charge in [0.1, 0.15) is 0 Å². The van der Waals surface area contributed by atoms with E-state index >= 15 is 0 Å². The lowest BCUT2D eigenvalue weighted by atomic mass is 9.97. The summed E-state index contributed by atoms with van der Waals surface area (Å²) in [5.74, 6) is 0. The number of rotatable bonds is 6. The Labute approximate surface area is 111 Å². The third-order valence-corrected chi connectivity index (χ3v) is 3.05. The minimum atomic E-state index is -0.804. The van der Waals surface area contributed by atoms with Crippen LogP contribution in [0.5, 0.6) is 0 Å². The maximum Gasteiger partial charge on any atom is 0.274 e. The van der Waals surface area contributed by atoms with Crippen LogP contribution in [0.2, 0.25) is 5.02 Å². The SMILES string of the molecule is CCCC[C@@H](O)[C@@H](N)c1cc(Cl)ccc1[N+](=O)[O-]. The number of aliphatic hydroxyl groups excluding tert-OH is 1. The Hall–Kier alpha value is -1.17. The van der Waals surface area contributed by atoms with Gasteiger partial charge in [-0.05, 0) is 18.6 Å². The number of nitrogens with zero attached hydrogens (tertiary/aromatic N) is 1. The van der Waals surface area contributed by atoms with Crippen LogP contribution >= 0.6 is 11.6 Å². The monoisotopic (exact) mass is 272 g/mol. The van der Waals surface area contributed by atoms with Gasteiger partial charge in [0.15, 0.2) is 0 Å². The number of aliphatic hydroxyl groups is 1. The number of nitro benzene ring substituents is 1. The Morgan fingerprint density at radius 1 is 1.56 bits per heavy atom. The van der Waals surface area contributed by atoms with Crippen molar-refractivity contribution in [2.75, 3.05) is 0 Å². The van der Waals surface area contributed by atoms with Crippen molar-refractivity contribution in [1.82, 2.24) is 0 Å². The molecule has 0 radical (unpaired) electrons. The third kappa shape index (κ3) is 3.66. The third-order valence-electron chi connectivity index (χ3n) is 2.81. The Balaban J connectivity index is 2.99. The smallest absolute Gasteiger partial charge is 0.274 e. The van der Waals surface area contributed by atoms with E-state index in [0.717, 1.165) is 12.8 Å². The summed E-state index contributed by atoms with van der Waals surface area (Å²) < 4.78 is 0. The minimum Gasteiger partial charge on any atom is -0.391 e. The molecule has 0 aromatic heterocycles. The highest BCUT2D eigenvalue weighted by Gasteiger charge is 2.24. The fraction of sp³-hybridized carbons (Fsp3) is 0.500. The summed E-state index contributed by atoms with van der Waals surface area (Å²) in [5.41, 5.74) is 6.04. The lowest BCUT2D eigenvalue weighted by Gasteiger charge is -2.19. The van der Waals surface area contributed by atoms with Crippen molar-refractivity contribution >= 4 is 17.3 Å². The van der Waals surface area contributed by atoms with Crippen LogP contribution < -0.4 is 5.73 Å². The number of nitrogens with two attached hydrogens (primary N) is 1.